The molecule has 2 rings (SSSR count). The van der Waals surface area contributed by atoms with E-state index in [4.69, 9.17) is 9.26 Å². The number of hydrogen-bond donors (Lipinski definition) is 1. The molecule has 0 bridgehead atoms. The molecule has 2 heterocycles. The Morgan fingerprint density at radius 2 is 2.21 bits per heavy atom. The summed E-state index contributed by atoms with van der Waals surface area (Å²) in [5.74, 6) is 1.52. The highest BCUT2D eigenvalue weighted by Crippen LogP contribution is 2.12. The highest BCUT2D eigenvalue weighted by atomic mass is 16.5. The van der Waals surface area contributed by atoms with Crippen molar-refractivity contribution in [2.24, 2.45) is 0 Å². The topological polar surface area (TPSA) is 60.2 Å². The van der Waals surface area contributed by atoms with E-state index < -0.39 is 0 Å². The average Bonchev–Trinajstić information content (AvgIpc) is 2.84. The van der Waals surface area contributed by atoms with E-state index in [1.54, 1.807) is 6.20 Å². The van der Waals surface area contributed by atoms with Crippen molar-refractivity contribution < 1.29 is 9.26 Å². The molecule has 0 radical (unpaired) electrons. The van der Waals surface area contributed by atoms with Crippen molar-refractivity contribution >= 4 is 0 Å². The molecule has 0 aromatic carbocycles. The van der Waals surface area contributed by atoms with Gasteiger partial charge >= 0.3 is 0 Å². The Labute approximate surface area is 113 Å². The molecule has 0 saturated carbocycles. The summed E-state index contributed by atoms with van der Waals surface area (Å²) in [5.41, 5.74) is 1.80. The van der Waals surface area contributed by atoms with Crippen LogP contribution in [0.5, 0.6) is 5.75 Å². The minimum Gasteiger partial charge on any atom is -0.486 e. The third kappa shape index (κ3) is 4.37. The molecule has 0 atom stereocenters. The van der Waals surface area contributed by atoms with Gasteiger partial charge in [-0.25, -0.2) is 0 Å². The summed E-state index contributed by atoms with van der Waals surface area (Å²) in [6.45, 7) is 6.19. The lowest BCUT2D eigenvalue weighted by Gasteiger charge is -2.05. The first-order valence-electron chi connectivity index (χ1n) is 6.48. The van der Waals surface area contributed by atoms with Gasteiger partial charge in [0.15, 0.2) is 0 Å². The first-order valence-corrected chi connectivity index (χ1v) is 6.48. The Bertz CT molecular complexity index is 494. The Balaban J connectivity index is 1.81. The molecule has 2 aromatic heterocycles. The van der Waals surface area contributed by atoms with E-state index in [9.17, 15) is 0 Å². The average molecular weight is 261 g/mol. The molecule has 5 heteroatoms. The molecule has 102 valence electrons. The maximum Gasteiger partial charge on any atom is 0.138 e. The molecule has 0 aliphatic carbocycles. The minimum atomic E-state index is 0.395. The molecule has 0 spiro atoms. The van der Waals surface area contributed by atoms with E-state index in [1.165, 1.54) is 0 Å². The molecular weight excluding hydrogens is 242 g/mol. The van der Waals surface area contributed by atoms with Crippen LogP contribution in [0.1, 0.15) is 30.5 Å². The van der Waals surface area contributed by atoms with Crippen LogP contribution >= 0.6 is 0 Å². The number of hydrogen-bond acceptors (Lipinski definition) is 5. The van der Waals surface area contributed by atoms with E-state index >= 15 is 0 Å². The fourth-order valence-corrected chi connectivity index (χ4v) is 1.64. The van der Waals surface area contributed by atoms with Crippen LogP contribution in [-0.4, -0.2) is 16.7 Å². The number of ether oxygens (including phenoxy) is 1. The molecule has 5 nitrogen and oxygen atoms in total. The molecule has 0 aliphatic rings. The number of aryl methyl sites for hydroxylation is 1. The Morgan fingerprint density at radius 1 is 1.32 bits per heavy atom. The summed E-state index contributed by atoms with van der Waals surface area (Å²) in [4.78, 5) is 4.34. The summed E-state index contributed by atoms with van der Waals surface area (Å²) in [6.07, 6.45) is 2.86. The van der Waals surface area contributed by atoms with Crippen molar-refractivity contribution in [3.63, 3.8) is 0 Å². The van der Waals surface area contributed by atoms with Gasteiger partial charge in [0.05, 0.1) is 11.9 Å². The van der Waals surface area contributed by atoms with Crippen LogP contribution in [0, 0.1) is 6.92 Å². The zero-order chi connectivity index (χ0) is 13.5. The van der Waals surface area contributed by atoms with Crippen molar-refractivity contribution in [2.45, 2.75) is 33.4 Å². The van der Waals surface area contributed by atoms with Crippen molar-refractivity contribution in [2.75, 3.05) is 6.54 Å². The standard InChI is InChI=1S/C14H19N3O2/c1-3-6-15-8-12-4-5-14(9-16-12)18-10-13-7-11(2)19-17-13/h4-5,7,9,15H,3,6,8,10H2,1-2H3. The lowest BCUT2D eigenvalue weighted by Crippen LogP contribution is -2.14. The van der Waals surface area contributed by atoms with Crippen molar-refractivity contribution in [3.8, 4) is 5.75 Å². The lowest BCUT2D eigenvalue weighted by molar-refractivity contribution is 0.286. The third-order valence-corrected chi connectivity index (χ3v) is 2.59. The highest BCUT2D eigenvalue weighted by molar-refractivity contribution is 5.20. The van der Waals surface area contributed by atoms with Crippen LogP contribution < -0.4 is 10.1 Å². The summed E-state index contributed by atoms with van der Waals surface area (Å²) in [6, 6.07) is 5.74. The number of nitrogens with one attached hydrogen (secondary N) is 1. The van der Waals surface area contributed by atoms with Gasteiger partial charge in [0.1, 0.15) is 23.8 Å². The Kier molecular flexibility index (Phi) is 4.92. The second kappa shape index (κ2) is 6.89. The maximum absolute atomic E-state index is 5.58. The predicted octanol–water partition coefficient (Wildman–Crippen LogP) is 2.46. The van der Waals surface area contributed by atoms with Gasteiger partial charge in [0.2, 0.25) is 0 Å². The largest absolute Gasteiger partial charge is 0.486 e. The fraction of sp³-hybridized carbons (Fsp3) is 0.429. The van der Waals surface area contributed by atoms with Gasteiger partial charge in [0.25, 0.3) is 0 Å². The molecule has 0 amide bonds. The summed E-state index contributed by atoms with van der Waals surface area (Å²) < 4.78 is 10.6. The molecule has 1 N–H and O–H groups in total. The first kappa shape index (κ1) is 13.5. The van der Waals surface area contributed by atoms with Crippen LogP contribution in [0.25, 0.3) is 0 Å². The lowest BCUT2D eigenvalue weighted by atomic mass is 10.3. The molecule has 0 saturated heterocycles. The molecule has 2 aromatic rings. The van der Waals surface area contributed by atoms with E-state index in [-0.39, 0.29) is 0 Å². The van der Waals surface area contributed by atoms with Gasteiger partial charge in [0, 0.05) is 12.6 Å². The summed E-state index contributed by atoms with van der Waals surface area (Å²) in [5, 5.41) is 7.17. The summed E-state index contributed by atoms with van der Waals surface area (Å²) in [7, 11) is 0. The number of nitrogens with zero attached hydrogens (tertiary/aromatic N) is 2. The Morgan fingerprint density at radius 3 is 2.84 bits per heavy atom. The maximum atomic E-state index is 5.58. The number of rotatable bonds is 7. The van der Waals surface area contributed by atoms with Gasteiger partial charge in [-0.3, -0.25) is 4.98 Å². The number of aromatic nitrogens is 2. The minimum absolute atomic E-state index is 0.395. The van der Waals surface area contributed by atoms with E-state index in [0.29, 0.717) is 6.61 Å². The van der Waals surface area contributed by atoms with Crippen molar-refractivity contribution in [3.05, 3.63) is 41.5 Å². The smallest absolute Gasteiger partial charge is 0.138 e. The van der Waals surface area contributed by atoms with Gasteiger partial charge in [-0.15, -0.1) is 0 Å². The second-order valence-electron chi connectivity index (χ2n) is 4.38. The van der Waals surface area contributed by atoms with Crippen LogP contribution in [-0.2, 0) is 13.2 Å². The van der Waals surface area contributed by atoms with Crippen LogP contribution in [0.2, 0.25) is 0 Å². The summed E-state index contributed by atoms with van der Waals surface area (Å²) >= 11 is 0. The van der Waals surface area contributed by atoms with Gasteiger partial charge in [-0.2, -0.15) is 0 Å². The normalized spacial score (nSPS) is 10.6. The van der Waals surface area contributed by atoms with Crippen LogP contribution in [0.15, 0.2) is 28.9 Å². The molecule has 0 fully saturated rings. The number of pyridine rings is 1. The van der Waals surface area contributed by atoms with Gasteiger partial charge in [-0.1, -0.05) is 12.1 Å². The zero-order valence-corrected chi connectivity index (χ0v) is 11.3. The second-order valence-corrected chi connectivity index (χ2v) is 4.38. The molecule has 0 unspecified atom stereocenters. The monoisotopic (exact) mass is 261 g/mol. The van der Waals surface area contributed by atoms with Crippen LogP contribution in [0.4, 0.5) is 0 Å². The predicted molar refractivity (Wildman–Crippen MR) is 71.8 cm³/mol. The van der Waals surface area contributed by atoms with Crippen molar-refractivity contribution in [1.29, 1.82) is 0 Å². The van der Waals surface area contributed by atoms with E-state index in [1.807, 2.05) is 25.1 Å². The molecule has 0 aliphatic heterocycles. The quantitative estimate of drug-likeness (QED) is 0.776. The van der Waals surface area contributed by atoms with Crippen molar-refractivity contribution in [1.82, 2.24) is 15.5 Å². The van der Waals surface area contributed by atoms with E-state index in [0.717, 1.165) is 42.4 Å². The Hall–Kier alpha value is -1.88. The highest BCUT2D eigenvalue weighted by Gasteiger charge is 2.02. The first-order chi connectivity index (χ1) is 9.28. The molecular formula is C14H19N3O2. The van der Waals surface area contributed by atoms with Gasteiger partial charge in [-0.05, 0) is 32.0 Å². The van der Waals surface area contributed by atoms with Crippen LogP contribution in [0.3, 0.4) is 0 Å². The van der Waals surface area contributed by atoms with E-state index in [2.05, 4.69) is 22.4 Å². The SMILES string of the molecule is CCCNCc1ccc(OCc2cc(C)on2)cn1. The fourth-order valence-electron chi connectivity index (χ4n) is 1.64. The zero-order valence-electron chi connectivity index (χ0n) is 11.3. The third-order valence-electron chi connectivity index (χ3n) is 2.59. The molecule has 19 heavy (non-hydrogen) atoms. The van der Waals surface area contributed by atoms with Gasteiger partial charge < -0.3 is 14.6 Å².